The van der Waals surface area contributed by atoms with E-state index in [0.717, 1.165) is 57.8 Å². The van der Waals surface area contributed by atoms with Crippen molar-refractivity contribution in [1.82, 2.24) is 5.32 Å². The molecule has 2 aliphatic heterocycles. The summed E-state index contributed by atoms with van der Waals surface area (Å²) in [4.78, 5) is 13.3. The van der Waals surface area contributed by atoms with Crippen LogP contribution in [0.3, 0.4) is 0 Å². The van der Waals surface area contributed by atoms with E-state index >= 15 is 0 Å². The van der Waals surface area contributed by atoms with Crippen LogP contribution in [0.25, 0.3) is 0 Å². The third-order valence-corrected chi connectivity index (χ3v) is 16.2. The molecule has 2 fully saturated rings. The van der Waals surface area contributed by atoms with Crippen LogP contribution < -0.4 is 5.32 Å². The third kappa shape index (κ3) is 34.8. The van der Waals surface area contributed by atoms with E-state index < -0.39 is 86.8 Å². The number of hydrogen-bond donors (Lipinski definition) is 9. The number of aliphatic hydroxyl groups is 8. The molecule has 14 heteroatoms. The van der Waals surface area contributed by atoms with Gasteiger partial charge in [0.15, 0.2) is 12.6 Å². The molecule has 0 aromatic rings. The maximum Gasteiger partial charge on any atom is 0.220 e. The van der Waals surface area contributed by atoms with Crippen LogP contribution in [0.5, 0.6) is 0 Å². The molecule has 12 atom stereocenters. The topological polar surface area (TPSA) is 228 Å². The Morgan fingerprint density at radius 3 is 1.28 bits per heavy atom. The number of carbonyl (C=O) groups excluding carboxylic acids is 1. The van der Waals surface area contributed by atoms with Crippen molar-refractivity contribution in [3.63, 3.8) is 0 Å². The molecule has 0 aromatic carbocycles. The van der Waals surface area contributed by atoms with Gasteiger partial charge in [0.1, 0.15) is 48.8 Å². The van der Waals surface area contributed by atoms with Crippen LogP contribution in [-0.4, -0.2) is 140 Å². The van der Waals surface area contributed by atoms with Crippen molar-refractivity contribution in [2.45, 2.75) is 357 Å². The number of carbonyl (C=O) groups is 1. The van der Waals surface area contributed by atoms with E-state index in [4.69, 9.17) is 18.9 Å². The predicted octanol–water partition coefficient (Wildman–Crippen LogP) is 12.0. The Bertz CT molecular complexity index is 1400. The lowest BCUT2D eigenvalue weighted by molar-refractivity contribution is -0.359. The minimum atomic E-state index is -1.78. The average Bonchev–Trinajstić information content (AvgIpc) is 3.44. The Morgan fingerprint density at radius 2 is 0.846 bits per heavy atom. The summed E-state index contributed by atoms with van der Waals surface area (Å²) in [5.41, 5.74) is 0. The first-order valence-corrected chi connectivity index (χ1v) is 32.6. The first-order valence-electron chi connectivity index (χ1n) is 32.6. The van der Waals surface area contributed by atoms with Crippen LogP contribution >= 0.6 is 0 Å². The van der Waals surface area contributed by atoms with Crippen LogP contribution in [0.2, 0.25) is 0 Å². The Kier molecular flexibility index (Phi) is 46.5. The molecule has 9 N–H and O–H groups in total. The van der Waals surface area contributed by atoms with Crippen molar-refractivity contribution < 1.29 is 64.6 Å². The monoisotopic (exact) mass is 1110 g/mol. The summed E-state index contributed by atoms with van der Waals surface area (Å²) in [6, 6.07) is -0.827. The second kappa shape index (κ2) is 50.0. The van der Waals surface area contributed by atoms with Gasteiger partial charge in [0, 0.05) is 6.42 Å². The van der Waals surface area contributed by atoms with Gasteiger partial charge in [0.25, 0.3) is 0 Å². The molecule has 2 aliphatic rings. The quantitative estimate of drug-likeness (QED) is 0.0204. The molecule has 2 heterocycles. The fourth-order valence-corrected chi connectivity index (χ4v) is 10.9. The zero-order valence-corrected chi connectivity index (χ0v) is 49.7. The molecule has 78 heavy (non-hydrogen) atoms. The van der Waals surface area contributed by atoms with Crippen LogP contribution in [0, 0.1) is 0 Å². The van der Waals surface area contributed by atoms with Crippen LogP contribution in [0.1, 0.15) is 284 Å². The van der Waals surface area contributed by atoms with Gasteiger partial charge in [-0.05, 0) is 44.9 Å². The Balaban J connectivity index is 1.68. The second-order valence-corrected chi connectivity index (χ2v) is 23.2. The number of unbranched alkanes of at least 4 members (excludes halogenated alkanes) is 36. The summed E-state index contributed by atoms with van der Waals surface area (Å²) in [6.07, 6.45) is 43.2. The molecule has 14 nitrogen and oxygen atoms in total. The number of amides is 1. The van der Waals surface area contributed by atoms with E-state index in [1.54, 1.807) is 0 Å². The normalized spacial score (nSPS) is 24.6. The number of aliphatic hydroxyl groups excluding tert-OH is 8. The van der Waals surface area contributed by atoms with Crippen LogP contribution in [0.15, 0.2) is 24.3 Å². The highest BCUT2D eigenvalue weighted by Crippen LogP contribution is 2.30. The highest BCUT2D eigenvalue weighted by atomic mass is 16.7. The molecule has 0 radical (unpaired) electrons. The maximum absolute atomic E-state index is 13.3. The van der Waals surface area contributed by atoms with Crippen LogP contribution in [0.4, 0.5) is 0 Å². The Morgan fingerprint density at radius 1 is 0.462 bits per heavy atom. The summed E-state index contributed by atoms with van der Waals surface area (Å²) in [5, 5.41) is 87.4. The lowest BCUT2D eigenvalue weighted by Crippen LogP contribution is -2.65. The number of ether oxygens (including phenoxy) is 4. The minimum Gasteiger partial charge on any atom is -0.394 e. The van der Waals surface area contributed by atoms with Gasteiger partial charge >= 0.3 is 0 Å². The van der Waals surface area contributed by atoms with Gasteiger partial charge in [0.05, 0.1) is 32.0 Å². The van der Waals surface area contributed by atoms with Gasteiger partial charge < -0.3 is 65.1 Å². The number of rotatable bonds is 53. The van der Waals surface area contributed by atoms with Crippen molar-refractivity contribution in [1.29, 1.82) is 0 Å². The fourth-order valence-electron chi connectivity index (χ4n) is 10.9. The third-order valence-electron chi connectivity index (χ3n) is 16.2. The number of allylic oxidation sites excluding steroid dienone is 4. The first-order chi connectivity index (χ1) is 38.1. The minimum absolute atomic E-state index is 0.203. The van der Waals surface area contributed by atoms with Gasteiger partial charge in [0.2, 0.25) is 5.91 Å². The maximum atomic E-state index is 13.3. The van der Waals surface area contributed by atoms with Crippen molar-refractivity contribution in [3.05, 3.63) is 24.3 Å². The lowest BCUT2D eigenvalue weighted by Gasteiger charge is -2.46. The molecule has 0 spiro atoms. The van der Waals surface area contributed by atoms with Crippen molar-refractivity contribution in [2.75, 3.05) is 19.8 Å². The summed E-state index contributed by atoms with van der Waals surface area (Å²) < 4.78 is 22.9. The summed E-state index contributed by atoms with van der Waals surface area (Å²) in [6.45, 7) is 2.88. The SMILES string of the molecule is CCCCCCC/C=C\C/C=C\CCCCCCCCCCCCCCCCCC(=O)NC(COC1OC(CO)C(OC2OC(CO)C(O)C(O)C2O)C(O)C1O)C(O)CCCCCCCCCCCCCCCCCCC. The Hall–Kier alpha value is -1.53. The molecule has 12 unspecified atom stereocenters. The van der Waals surface area contributed by atoms with E-state index in [9.17, 15) is 45.6 Å². The summed E-state index contributed by atoms with van der Waals surface area (Å²) in [5.74, 6) is -0.203. The number of hydrogen-bond acceptors (Lipinski definition) is 13. The summed E-state index contributed by atoms with van der Waals surface area (Å²) in [7, 11) is 0. The van der Waals surface area contributed by atoms with Crippen LogP contribution in [-0.2, 0) is 23.7 Å². The highest BCUT2D eigenvalue weighted by Gasteiger charge is 2.51. The highest BCUT2D eigenvalue weighted by molar-refractivity contribution is 5.76. The average molecular weight is 1110 g/mol. The van der Waals surface area contributed by atoms with Crippen molar-refractivity contribution in [2.24, 2.45) is 0 Å². The van der Waals surface area contributed by atoms with Gasteiger partial charge in [-0.1, -0.05) is 256 Å². The molecular formula is C64H121NO13. The second-order valence-electron chi connectivity index (χ2n) is 23.2. The summed E-state index contributed by atoms with van der Waals surface area (Å²) >= 11 is 0. The smallest absolute Gasteiger partial charge is 0.220 e. The molecule has 0 aromatic heterocycles. The fraction of sp³-hybridized carbons (Fsp3) is 0.922. The lowest BCUT2D eigenvalue weighted by atomic mass is 9.97. The molecule has 0 saturated carbocycles. The van der Waals surface area contributed by atoms with E-state index in [2.05, 4.69) is 43.5 Å². The van der Waals surface area contributed by atoms with E-state index in [-0.39, 0.29) is 12.5 Å². The molecular weight excluding hydrogens is 991 g/mol. The van der Waals surface area contributed by atoms with Gasteiger partial charge in [-0.3, -0.25) is 4.79 Å². The largest absolute Gasteiger partial charge is 0.394 e. The molecule has 2 saturated heterocycles. The molecule has 2 rings (SSSR count). The van der Waals surface area contributed by atoms with Gasteiger partial charge in [-0.15, -0.1) is 0 Å². The Labute approximate surface area is 475 Å². The van der Waals surface area contributed by atoms with Crippen molar-refractivity contribution in [3.8, 4) is 0 Å². The van der Waals surface area contributed by atoms with Gasteiger partial charge in [-0.2, -0.15) is 0 Å². The molecule has 0 bridgehead atoms. The molecule has 460 valence electrons. The standard InChI is InChI=1S/C64H121NO13/c1-3-5-7-9-11-13-15-17-19-21-22-23-24-25-26-27-28-29-30-32-34-36-38-40-42-44-46-48-56(69)65-52(53(68)47-45-43-41-39-37-35-33-31-20-18-16-14-12-10-8-6-4-2)51-75-63-61(74)59(72)62(55(50-67)77-63)78-64-60(73)58(71)57(70)54(49-66)76-64/h15,17,21-22,52-55,57-64,66-68,70-74H,3-14,16,18-20,23-51H2,1-2H3,(H,65,69)/b17-15-,22-21-. The molecule has 0 aliphatic carbocycles. The van der Waals surface area contributed by atoms with Gasteiger partial charge in [-0.25, -0.2) is 0 Å². The van der Waals surface area contributed by atoms with E-state index in [0.29, 0.717) is 12.8 Å². The number of nitrogens with one attached hydrogen (secondary N) is 1. The first kappa shape index (κ1) is 72.6. The van der Waals surface area contributed by atoms with Crippen molar-refractivity contribution >= 4 is 5.91 Å². The molecule has 1 amide bonds. The zero-order valence-electron chi connectivity index (χ0n) is 49.7. The van der Waals surface area contributed by atoms with E-state index in [1.807, 2.05) is 0 Å². The predicted molar refractivity (Wildman–Crippen MR) is 314 cm³/mol. The van der Waals surface area contributed by atoms with E-state index in [1.165, 1.54) is 199 Å². The zero-order chi connectivity index (χ0) is 56.7.